The van der Waals surface area contributed by atoms with Crippen LogP contribution in [0.15, 0.2) is 30.3 Å². The molecular weight excluding hydrogens is 220 g/mol. The van der Waals surface area contributed by atoms with Crippen LogP contribution in [0.5, 0.6) is 0 Å². The highest BCUT2D eigenvalue weighted by molar-refractivity contribution is 5.83. The predicted octanol–water partition coefficient (Wildman–Crippen LogP) is 1.55. The molecule has 1 saturated carbocycles. The van der Waals surface area contributed by atoms with E-state index in [-0.39, 0.29) is 0 Å². The third-order valence-electron chi connectivity index (χ3n) is 3.69. The van der Waals surface area contributed by atoms with Gasteiger partial charge in [0.1, 0.15) is 5.41 Å². The summed E-state index contributed by atoms with van der Waals surface area (Å²) < 4.78 is 11.0. The second-order valence-electron chi connectivity index (χ2n) is 4.71. The van der Waals surface area contributed by atoms with Crippen molar-refractivity contribution < 1.29 is 19.4 Å². The molecule has 0 bridgehead atoms. The van der Waals surface area contributed by atoms with Crippen molar-refractivity contribution in [2.24, 2.45) is 0 Å². The largest absolute Gasteiger partial charge is 0.481 e. The lowest BCUT2D eigenvalue weighted by molar-refractivity contribution is -0.243. The number of carboxylic acids is 1. The summed E-state index contributed by atoms with van der Waals surface area (Å²) in [7, 11) is 0. The van der Waals surface area contributed by atoms with Gasteiger partial charge in [-0.15, -0.1) is 0 Å². The van der Waals surface area contributed by atoms with Gasteiger partial charge in [0.2, 0.25) is 0 Å². The summed E-state index contributed by atoms with van der Waals surface area (Å²) >= 11 is 0. The summed E-state index contributed by atoms with van der Waals surface area (Å²) in [5.41, 5.74) is -0.0109. The van der Waals surface area contributed by atoms with E-state index in [4.69, 9.17) is 9.47 Å². The SMILES string of the molecule is O=C(O)C1(c2ccccc2)CC2(C1)OCCO2. The minimum Gasteiger partial charge on any atom is -0.481 e. The van der Waals surface area contributed by atoms with Gasteiger partial charge in [0.05, 0.1) is 13.2 Å². The molecule has 0 aromatic heterocycles. The van der Waals surface area contributed by atoms with Gasteiger partial charge in [-0.3, -0.25) is 4.79 Å². The van der Waals surface area contributed by atoms with Crippen LogP contribution in [0.25, 0.3) is 0 Å². The van der Waals surface area contributed by atoms with Gasteiger partial charge in [-0.2, -0.15) is 0 Å². The van der Waals surface area contributed by atoms with Crippen molar-refractivity contribution in [3.63, 3.8) is 0 Å². The monoisotopic (exact) mass is 234 g/mol. The lowest BCUT2D eigenvalue weighted by Crippen LogP contribution is -2.59. The molecule has 4 heteroatoms. The molecule has 4 nitrogen and oxygen atoms in total. The molecule has 90 valence electrons. The third-order valence-corrected chi connectivity index (χ3v) is 3.69. The lowest BCUT2D eigenvalue weighted by Gasteiger charge is -2.50. The van der Waals surface area contributed by atoms with Crippen molar-refractivity contribution in [2.45, 2.75) is 24.0 Å². The Kier molecular flexibility index (Phi) is 2.24. The van der Waals surface area contributed by atoms with Crippen LogP contribution < -0.4 is 0 Å². The first-order valence-corrected chi connectivity index (χ1v) is 5.74. The molecule has 1 heterocycles. The normalized spacial score (nSPS) is 24.5. The maximum Gasteiger partial charge on any atom is 0.314 e. The lowest BCUT2D eigenvalue weighted by atomic mass is 9.60. The van der Waals surface area contributed by atoms with Crippen molar-refractivity contribution >= 4 is 5.97 Å². The Bertz CT molecular complexity index is 426. The van der Waals surface area contributed by atoms with Gasteiger partial charge < -0.3 is 14.6 Å². The van der Waals surface area contributed by atoms with E-state index in [1.807, 2.05) is 30.3 Å². The maximum absolute atomic E-state index is 11.5. The molecule has 0 atom stereocenters. The van der Waals surface area contributed by atoms with Gasteiger partial charge in [0.15, 0.2) is 5.79 Å². The predicted molar refractivity (Wildman–Crippen MR) is 59.6 cm³/mol. The topological polar surface area (TPSA) is 55.8 Å². The van der Waals surface area contributed by atoms with Crippen molar-refractivity contribution in [3.05, 3.63) is 35.9 Å². The van der Waals surface area contributed by atoms with Crippen LogP contribution in [0.4, 0.5) is 0 Å². The first-order chi connectivity index (χ1) is 8.17. The molecule has 0 amide bonds. The smallest absolute Gasteiger partial charge is 0.314 e. The number of carbonyl (C=O) groups is 1. The fraction of sp³-hybridized carbons (Fsp3) is 0.462. The molecule has 17 heavy (non-hydrogen) atoms. The number of benzene rings is 1. The first kappa shape index (κ1) is 10.7. The summed E-state index contributed by atoms with van der Waals surface area (Å²) in [6.45, 7) is 1.12. The number of hydrogen-bond acceptors (Lipinski definition) is 3. The average molecular weight is 234 g/mol. The van der Waals surface area contributed by atoms with Gasteiger partial charge in [0.25, 0.3) is 0 Å². The van der Waals surface area contributed by atoms with Gasteiger partial charge in [-0.05, 0) is 5.56 Å². The minimum atomic E-state index is -0.842. The second kappa shape index (κ2) is 3.55. The second-order valence-corrected chi connectivity index (χ2v) is 4.71. The Labute approximate surface area is 99.2 Å². The first-order valence-electron chi connectivity index (χ1n) is 5.74. The molecule has 2 aliphatic rings. The van der Waals surface area contributed by atoms with Gasteiger partial charge in [-0.25, -0.2) is 0 Å². The zero-order chi connectivity index (χ0) is 11.9. The summed E-state index contributed by atoms with van der Waals surface area (Å²) in [5.74, 6) is -1.44. The number of hydrogen-bond donors (Lipinski definition) is 1. The summed E-state index contributed by atoms with van der Waals surface area (Å²) in [5, 5.41) is 9.47. The molecule has 1 spiro atoms. The van der Waals surface area contributed by atoms with Crippen LogP contribution in [0.2, 0.25) is 0 Å². The standard InChI is InChI=1S/C13H14O4/c14-11(15)12(10-4-2-1-3-5-10)8-13(9-12)16-6-7-17-13/h1-5H,6-9H2,(H,14,15). The van der Waals surface area contributed by atoms with Crippen LogP contribution >= 0.6 is 0 Å². The van der Waals surface area contributed by atoms with E-state index >= 15 is 0 Å². The molecular formula is C13H14O4. The average Bonchev–Trinajstić information content (AvgIpc) is 2.76. The molecule has 1 aromatic carbocycles. The highest BCUT2D eigenvalue weighted by Crippen LogP contribution is 2.54. The molecule has 1 aliphatic carbocycles. The number of ether oxygens (including phenoxy) is 2. The highest BCUT2D eigenvalue weighted by atomic mass is 16.7. The van der Waals surface area contributed by atoms with Crippen LogP contribution in [0, 0.1) is 0 Å². The zero-order valence-corrected chi connectivity index (χ0v) is 9.39. The molecule has 1 N–H and O–H groups in total. The Morgan fingerprint density at radius 2 is 1.71 bits per heavy atom. The number of carboxylic acid groups (broad SMARTS) is 1. The Balaban J connectivity index is 1.91. The van der Waals surface area contributed by atoms with Crippen LogP contribution in [-0.4, -0.2) is 30.1 Å². The van der Waals surface area contributed by atoms with Crippen LogP contribution in [0.3, 0.4) is 0 Å². The molecule has 3 rings (SSSR count). The quantitative estimate of drug-likeness (QED) is 0.843. The zero-order valence-electron chi connectivity index (χ0n) is 9.39. The number of aliphatic carboxylic acids is 1. The Hall–Kier alpha value is -1.39. The fourth-order valence-corrected chi connectivity index (χ4v) is 2.80. The van der Waals surface area contributed by atoms with E-state index in [1.165, 1.54) is 0 Å². The minimum absolute atomic E-state index is 0.402. The molecule has 0 radical (unpaired) electrons. The Morgan fingerprint density at radius 1 is 1.12 bits per heavy atom. The highest BCUT2D eigenvalue weighted by Gasteiger charge is 2.63. The third kappa shape index (κ3) is 1.48. The van der Waals surface area contributed by atoms with Crippen molar-refractivity contribution in [3.8, 4) is 0 Å². The molecule has 2 fully saturated rings. The van der Waals surface area contributed by atoms with Gasteiger partial charge in [0, 0.05) is 12.8 Å². The van der Waals surface area contributed by atoms with E-state index < -0.39 is 17.2 Å². The summed E-state index contributed by atoms with van der Waals surface area (Å²) in [4.78, 5) is 11.5. The summed E-state index contributed by atoms with van der Waals surface area (Å²) in [6, 6.07) is 9.32. The summed E-state index contributed by atoms with van der Waals surface area (Å²) in [6.07, 6.45) is 0.804. The van der Waals surface area contributed by atoms with Gasteiger partial charge in [-0.1, -0.05) is 30.3 Å². The van der Waals surface area contributed by atoms with E-state index in [9.17, 15) is 9.90 Å². The fourth-order valence-electron chi connectivity index (χ4n) is 2.80. The van der Waals surface area contributed by atoms with Crippen molar-refractivity contribution in [1.29, 1.82) is 0 Å². The van der Waals surface area contributed by atoms with Crippen LogP contribution in [-0.2, 0) is 19.7 Å². The molecule has 1 aliphatic heterocycles. The van der Waals surface area contributed by atoms with E-state index in [0.29, 0.717) is 26.1 Å². The molecule has 0 unspecified atom stereocenters. The van der Waals surface area contributed by atoms with Crippen molar-refractivity contribution in [2.75, 3.05) is 13.2 Å². The van der Waals surface area contributed by atoms with Crippen molar-refractivity contribution in [1.82, 2.24) is 0 Å². The van der Waals surface area contributed by atoms with Crippen LogP contribution in [0.1, 0.15) is 18.4 Å². The Morgan fingerprint density at radius 3 is 2.24 bits per heavy atom. The van der Waals surface area contributed by atoms with E-state index in [1.54, 1.807) is 0 Å². The van der Waals surface area contributed by atoms with Gasteiger partial charge >= 0.3 is 5.97 Å². The molecule has 1 aromatic rings. The maximum atomic E-state index is 11.5. The molecule has 1 saturated heterocycles. The van der Waals surface area contributed by atoms with E-state index in [2.05, 4.69) is 0 Å². The van der Waals surface area contributed by atoms with E-state index in [0.717, 1.165) is 5.56 Å². The number of rotatable bonds is 2.